The van der Waals surface area contributed by atoms with E-state index in [2.05, 4.69) is 0 Å². The summed E-state index contributed by atoms with van der Waals surface area (Å²) in [5.41, 5.74) is 1.18. The van der Waals surface area contributed by atoms with Crippen molar-refractivity contribution in [3.8, 4) is 23.0 Å². The third kappa shape index (κ3) is 5.52. The Kier molecular flexibility index (Phi) is 7.98. The zero-order valence-corrected chi connectivity index (χ0v) is 18.8. The van der Waals surface area contributed by atoms with Crippen LogP contribution in [-0.4, -0.2) is 26.2 Å². The Labute approximate surface area is 195 Å². The molecule has 0 saturated carbocycles. The molecule has 2 unspecified atom stereocenters. The number of carbonyl (C=O) groups is 2. The topological polar surface area (TPSA) is 71.1 Å². The molecule has 2 atom stereocenters. The van der Waals surface area contributed by atoms with E-state index in [0.717, 1.165) is 0 Å². The normalized spacial score (nSPS) is 12.4. The van der Waals surface area contributed by atoms with Crippen molar-refractivity contribution in [3.05, 3.63) is 83.9 Å². The Hall–Kier alpha value is -3.22. The maximum Gasteiger partial charge on any atom is 0.334 e. The Balaban J connectivity index is 1.81. The van der Waals surface area contributed by atoms with Gasteiger partial charge in [-0.3, -0.25) is 0 Å². The van der Waals surface area contributed by atoms with Crippen LogP contribution in [0.1, 0.15) is 21.9 Å². The molecule has 0 aliphatic rings. The molecule has 6 nitrogen and oxygen atoms in total. The maximum absolute atomic E-state index is 12.5. The van der Waals surface area contributed by atoms with E-state index in [1.807, 2.05) is 12.1 Å². The van der Waals surface area contributed by atoms with Crippen LogP contribution in [0.25, 0.3) is 0 Å². The molecule has 0 fully saturated rings. The van der Waals surface area contributed by atoms with Crippen LogP contribution < -0.4 is 18.9 Å². The minimum atomic E-state index is -1.02. The number of hydrogen-bond acceptors (Lipinski definition) is 6. The number of hydrogen-bond donors (Lipinski definition) is 0. The van der Waals surface area contributed by atoms with Crippen LogP contribution in [0.5, 0.6) is 23.0 Å². The molecule has 0 aliphatic heterocycles. The first-order valence-electron chi connectivity index (χ1n) is 9.52. The molecule has 0 saturated heterocycles. The average molecular weight is 475 g/mol. The highest BCUT2D eigenvalue weighted by atomic mass is 35.5. The van der Waals surface area contributed by atoms with Gasteiger partial charge in [0.25, 0.3) is 0 Å². The second-order valence-corrected chi connectivity index (χ2v) is 7.42. The van der Waals surface area contributed by atoms with E-state index in [1.54, 1.807) is 48.5 Å². The second-order valence-electron chi connectivity index (χ2n) is 6.54. The third-order valence-corrected chi connectivity index (χ3v) is 5.33. The molecule has 0 amide bonds. The van der Waals surface area contributed by atoms with E-state index in [-0.39, 0.29) is 23.0 Å². The first-order valence-corrected chi connectivity index (χ1v) is 10.4. The summed E-state index contributed by atoms with van der Waals surface area (Å²) in [6.45, 7) is 0. The highest BCUT2D eigenvalue weighted by Gasteiger charge is 2.25. The van der Waals surface area contributed by atoms with Crippen LogP contribution in [0.2, 0.25) is 0 Å². The fourth-order valence-electron chi connectivity index (χ4n) is 2.84. The number of carbonyl (C=O) groups excluding carboxylic acids is 2. The largest absolute Gasteiger partial charge is 0.493 e. The zero-order valence-electron chi connectivity index (χ0n) is 17.3. The smallest absolute Gasteiger partial charge is 0.334 e. The van der Waals surface area contributed by atoms with E-state index in [0.29, 0.717) is 11.1 Å². The number of rotatable bonds is 8. The molecule has 0 heterocycles. The van der Waals surface area contributed by atoms with E-state index in [9.17, 15) is 9.59 Å². The number of halogens is 2. The van der Waals surface area contributed by atoms with Crippen molar-refractivity contribution in [2.45, 2.75) is 10.8 Å². The number of esters is 2. The van der Waals surface area contributed by atoms with Crippen molar-refractivity contribution < 1.29 is 28.5 Å². The molecular weight excluding hydrogens is 455 g/mol. The lowest BCUT2D eigenvalue weighted by atomic mass is 10.1. The van der Waals surface area contributed by atoms with Crippen molar-refractivity contribution in [3.63, 3.8) is 0 Å². The summed E-state index contributed by atoms with van der Waals surface area (Å²) in [7, 11) is 2.77. The molecular formula is C24H20Cl2O6. The lowest BCUT2D eigenvalue weighted by molar-refractivity contribution is -0.135. The molecule has 0 aliphatic carbocycles. The summed E-state index contributed by atoms with van der Waals surface area (Å²) < 4.78 is 21.5. The summed E-state index contributed by atoms with van der Waals surface area (Å²) in [6.07, 6.45) is 0. The minimum Gasteiger partial charge on any atom is -0.493 e. The molecule has 166 valence electrons. The van der Waals surface area contributed by atoms with Gasteiger partial charge in [-0.1, -0.05) is 60.7 Å². The fourth-order valence-corrected chi connectivity index (χ4v) is 3.22. The van der Waals surface area contributed by atoms with Gasteiger partial charge in [-0.05, 0) is 11.1 Å². The first-order chi connectivity index (χ1) is 15.4. The van der Waals surface area contributed by atoms with Crippen LogP contribution in [0.4, 0.5) is 0 Å². The summed E-state index contributed by atoms with van der Waals surface area (Å²) in [6, 6.07) is 20.3. The van der Waals surface area contributed by atoms with Crippen LogP contribution in [0.3, 0.4) is 0 Å². The minimum absolute atomic E-state index is 0.0567. The lowest BCUT2D eigenvalue weighted by Crippen LogP contribution is -2.16. The third-order valence-electron chi connectivity index (χ3n) is 4.47. The van der Waals surface area contributed by atoms with Crippen molar-refractivity contribution in [2.24, 2.45) is 0 Å². The standard InChI is InChI=1S/C24H20Cl2O6/c1-29-17-13-20(32-24(28)22(26)16-11-7-4-8-12-16)18(30-2)14-19(17)31-23(27)21(25)15-9-5-3-6-10-15/h3-14,21-22H,1-2H3. The van der Waals surface area contributed by atoms with Gasteiger partial charge in [0.15, 0.2) is 33.8 Å². The van der Waals surface area contributed by atoms with Crippen LogP contribution in [0, 0.1) is 0 Å². The molecule has 3 rings (SSSR count). The zero-order chi connectivity index (χ0) is 23.1. The van der Waals surface area contributed by atoms with E-state index >= 15 is 0 Å². The van der Waals surface area contributed by atoms with Crippen molar-refractivity contribution >= 4 is 35.1 Å². The molecule has 32 heavy (non-hydrogen) atoms. The lowest BCUT2D eigenvalue weighted by Gasteiger charge is -2.17. The molecule has 0 aromatic heterocycles. The molecule has 0 spiro atoms. The quantitative estimate of drug-likeness (QED) is 0.244. The average Bonchev–Trinajstić information content (AvgIpc) is 2.84. The fraction of sp³-hybridized carbons (Fsp3) is 0.167. The number of alkyl halides is 2. The van der Waals surface area contributed by atoms with E-state index in [4.69, 9.17) is 42.1 Å². The van der Waals surface area contributed by atoms with Gasteiger partial charge in [-0.2, -0.15) is 0 Å². The van der Waals surface area contributed by atoms with Crippen LogP contribution in [-0.2, 0) is 9.59 Å². The van der Waals surface area contributed by atoms with E-state index in [1.165, 1.54) is 26.4 Å². The molecule has 8 heteroatoms. The van der Waals surface area contributed by atoms with Gasteiger partial charge < -0.3 is 18.9 Å². The van der Waals surface area contributed by atoms with Gasteiger partial charge in [0, 0.05) is 12.1 Å². The Bertz CT molecular complexity index is 985. The van der Waals surface area contributed by atoms with Gasteiger partial charge in [0.1, 0.15) is 0 Å². The Morgan fingerprint density at radius 2 is 0.969 bits per heavy atom. The number of ether oxygens (including phenoxy) is 4. The molecule has 3 aromatic carbocycles. The monoisotopic (exact) mass is 474 g/mol. The van der Waals surface area contributed by atoms with E-state index < -0.39 is 22.7 Å². The second kappa shape index (κ2) is 10.9. The van der Waals surface area contributed by atoms with Crippen molar-refractivity contribution in [1.82, 2.24) is 0 Å². The Morgan fingerprint density at radius 1 is 0.625 bits per heavy atom. The molecule has 0 bridgehead atoms. The number of methoxy groups -OCH3 is 2. The predicted octanol–water partition coefficient (Wildman–Crippen LogP) is 5.47. The van der Waals surface area contributed by atoms with Gasteiger partial charge in [0.05, 0.1) is 14.2 Å². The van der Waals surface area contributed by atoms with Crippen molar-refractivity contribution in [1.29, 1.82) is 0 Å². The van der Waals surface area contributed by atoms with Crippen LogP contribution >= 0.6 is 23.2 Å². The Morgan fingerprint density at radius 3 is 1.28 bits per heavy atom. The highest BCUT2D eigenvalue weighted by Crippen LogP contribution is 2.41. The molecule has 0 radical (unpaired) electrons. The molecule has 0 N–H and O–H groups in total. The van der Waals surface area contributed by atoms with Gasteiger partial charge in [0.2, 0.25) is 0 Å². The SMILES string of the molecule is COc1cc(OC(=O)C(Cl)c2ccccc2)c(OC)cc1OC(=O)C(Cl)c1ccccc1. The maximum atomic E-state index is 12.5. The van der Waals surface area contributed by atoms with Gasteiger partial charge in [-0.25, -0.2) is 9.59 Å². The summed E-state index contributed by atoms with van der Waals surface area (Å²) in [5.74, 6) is -1.00. The summed E-state index contributed by atoms with van der Waals surface area (Å²) in [4.78, 5) is 25.1. The summed E-state index contributed by atoms with van der Waals surface area (Å²) >= 11 is 12.5. The van der Waals surface area contributed by atoms with Gasteiger partial charge in [-0.15, -0.1) is 23.2 Å². The summed E-state index contributed by atoms with van der Waals surface area (Å²) in [5, 5.41) is -2.04. The number of benzene rings is 3. The highest BCUT2D eigenvalue weighted by molar-refractivity contribution is 6.30. The van der Waals surface area contributed by atoms with Crippen molar-refractivity contribution in [2.75, 3.05) is 14.2 Å². The van der Waals surface area contributed by atoms with Crippen LogP contribution in [0.15, 0.2) is 72.8 Å². The molecule has 3 aromatic rings. The van der Waals surface area contributed by atoms with Gasteiger partial charge >= 0.3 is 11.9 Å². The first kappa shape index (κ1) is 23.4. The predicted molar refractivity (Wildman–Crippen MR) is 121 cm³/mol.